The van der Waals surface area contributed by atoms with E-state index in [2.05, 4.69) is 24.4 Å². The van der Waals surface area contributed by atoms with E-state index in [0.29, 0.717) is 10.5 Å². The molecule has 1 fully saturated rings. The Bertz CT molecular complexity index is 924. The maximum atomic E-state index is 13.2. The van der Waals surface area contributed by atoms with Crippen LogP contribution in [-0.4, -0.2) is 22.5 Å². The highest BCUT2D eigenvalue weighted by Crippen LogP contribution is 2.51. The molecule has 1 saturated heterocycles. The summed E-state index contributed by atoms with van der Waals surface area (Å²) in [6.07, 6.45) is 2.09. The second-order valence-electron chi connectivity index (χ2n) is 6.92. The molecule has 0 unspecified atom stereocenters. The third kappa shape index (κ3) is 1.86. The molecule has 5 nitrogen and oxygen atoms in total. The van der Waals surface area contributed by atoms with Gasteiger partial charge in [0.15, 0.2) is 5.17 Å². The molecule has 0 bridgehead atoms. The highest BCUT2D eigenvalue weighted by Gasteiger charge is 2.47. The van der Waals surface area contributed by atoms with Crippen molar-refractivity contribution in [1.29, 1.82) is 5.41 Å². The number of hydrogen-bond acceptors (Lipinski definition) is 4. The van der Waals surface area contributed by atoms with Crippen molar-refractivity contribution in [2.24, 2.45) is 0 Å². The Morgan fingerprint density at radius 2 is 1.83 bits per heavy atom. The molecule has 3 heterocycles. The van der Waals surface area contributed by atoms with E-state index in [9.17, 15) is 9.59 Å². The molecule has 2 amide bonds. The largest absolute Gasteiger partial charge is 0.301 e. The van der Waals surface area contributed by atoms with Crippen LogP contribution in [0.15, 0.2) is 23.1 Å². The molecular weight excluding hydrogens is 322 g/mol. The number of rotatable bonds is 0. The predicted octanol–water partition coefficient (Wildman–Crippen LogP) is 3.05. The van der Waals surface area contributed by atoms with Crippen LogP contribution in [0.3, 0.4) is 0 Å². The zero-order chi connectivity index (χ0) is 17.4. The summed E-state index contributed by atoms with van der Waals surface area (Å²) in [5.41, 5.74) is 4.83. The average molecular weight is 339 g/mol. The number of thioether (sulfide) groups is 1. The number of nitrogens with zero attached hydrogens (tertiary/aromatic N) is 1. The van der Waals surface area contributed by atoms with Gasteiger partial charge < -0.3 is 5.32 Å². The van der Waals surface area contributed by atoms with Crippen molar-refractivity contribution in [1.82, 2.24) is 5.32 Å². The topological polar surface area (TPSA) is 73.3 Å². The van der Waals surface area contributed by atoms with Gasteiger partial charge in [0.25, 0.3) is 11.8 Å². The van der Waals surface area contributed by atoms with Crippen LogP contribution in [0.1, 0.15) is 37.5 Å². The van der Waals surface area contributed by atoms with Crippen LogP contribution in [0.2, 0.25) is 0 Å². The Balaban J connectivity index is 2.08. The Labute approximate surface area is 144 Å². The van der Waals surface area contributed by atoms with Gasteiger partial charge in [0.05, 0.1) is 21.7 Å². The Hall–Kier alpha value is -2.34. The maximum Gasteiger partial charge on any atom is 0.264 e. The van der Waals surface area contributed by atoms with E-state index in [0.717, 1.165) is 39.7 Å². The van der Waals surface area contributed by atoms with Gasteiger partial charge in [-0.05, 0) is 62.7 Å². The van der Waals surface area contributed by atoms with E-state index < -0.39 is 5.54 Å². The first kappa shape index (κ1) is 15.2. The maximum absolute atomic E-state index is 13.2. The molecule has 24 heavy (non-hydrogen) atoms. The molecule has 3 aliphatic rings. The summed E-state index contributed by atoms with van der Waals surface area (Å²) >= 11 is 1.02. The van der Waals surface area contributed by atoms with Gasteiger partial charge in [0.1, 0.15) is 0 Å². The third-order valence-electron chi connectivity index (χ3n) is 4.60. The van der Waals surface area contributed by atoms with Crippen molar-refractivity contribution in [3.05, 3.63) is 39.8 Å². The molecule has 6 heteroatoms. The highest BCUT2D eigenvalue weighted by molar-refractivity contribution is 8.18. The average Bonchev–Trinajstić information content (AvgIpc) is 2.92. The first-order chi connectivity index (χ1) is 11.2. The van der Waals surface area contributed by atoms with Crippen molar-refractivity contribution in [2.45, 2.75) is 33.2 Å². The summed E-state index contributed by atoms with van der Waals surface area (Å²) in [4.78, 5) is 27.5. The molecule has 0 aromatic heterocycles. The number of anilines is 1. The monoisotopic (exact) mass is 339 g/mol. The number of carbonyl (C=O) groups excluding carboxylic acids is 2. The fourth-order valence-corrected chi connectivity index (χ4v) is 4.57. The van der Waals surface area contributed by atoms with E-state index in [1.807, 2.05) is 26.8 Å². The summed E-state index contributed by atoms with van der Waals surface area (Å²) in [7, 11) is 0. The van der Waals surface area contributed by atoms with Crippen LogP contribution in [0.4, 0.5) is 5.69 Å². The van der Waals surface area contributed by atoms with E-state index >= 15 is 0 Å². The fourth-order valence-electron chi connectivity index (χ4n) is 3.78. The van der Waals surface area contributed by atoms with Crippen LogP contribution in [0.5, 0.6) is 0 Å². The van der Waals surface area contributed by atoms with Crippen LogP contribution in [0, 0.1) is 12.3 Å². The SMILES string of the molecule is CC1=CC(C)(C)N2C(=O)C(=C3SC(=N)NC3=O)c3cc(C)cc1c32. The molecule has 0 spiro atoms. The van der Waals surface area contributed by atoms with Crippen molar-refractivity contribution < 1.29 is 9.59 Å². The molecule has 4 rings (SSSR count). The number of allylic oxidation sites excluding steroid dienone is 1. The van der Waals surface area contributed by atoms with Crippen LogP contribution in [-0.2, 0) is 9.59 Å². The minimum absolute atomic E-state index is 0.0617. The minimum Gasteiger partial charge on any atom is -0.301 e. The molecule has 122 valence electrons. The zero-order valence-electron chi connectivity index (χ0n) is 13.9. The third-order valence-corrected chi connectivity index (χ3v) is 5.50. The standard InChI is InChI=1S/C18H17N3O2S/c1-8-5-10-9(2)7-18(3,4)21-13(10)11(6-8)12(16(21)23)14-15(22)20-17(19)24-14/h5-7H,1-4H3,(H2,19,20,22). The molecule has 0 atom stereocenters. The summed E-state index contributed by atoms with van der Waals surface area (Å²) < 4.78 is 0. The molecule has 0 saturated carbocycles. The van der Waals surface area contributed by atoms with Gasteiger partial charge >= 0.3 is 0 Å². The summed E-state index contributed by atoms with van der Waals surface area (Å²) in [5, 5.41) is 10.2. The second kappa shape index (κ2) is 4.60. The smallest absolute Gasteiger partial charge is 0.264 e. The lowest BCUT2D eigenvalue weighted by Crippen LogP contribution is -2.46. The summed E-state index contributed by atoms with van der Waals surface area (Å²) in [5.74, 6) is -0.538. The molecular formula is C18H17N3O2S. The number of benzene rings is 1. The molecule has 0 radical (unpaired) electrons. The van der Waals surface area contributed by atoms with Gasteiger partial charge in [0.2, 0.25) is 0 Å². The lowest BCUT2D eigenvalue weighted by molar-refractivity contribution is -0.116. The van der Waals surface area contributed by atoms with E-state index in [1.165, 1.54) is 0 Å². The van der Waals surface area contributed by atoms with Gasteiger partial charge in [-0.25, -0.2) is 0 Å². The number of nitrogens with one attached hydrogen (secondary N) is 2. The van der Waals surface area contributed by atoms with Gasteiger partial charge in [-0.2, -0.15) is 0 Å². The number of amides is 2. The first-order valence-corrected chi connectivity index (χ1v) is 8.54. The van der Waals surface area contributed by atoms with Crippen LogP contribution in [0.25, 0.3) is 11.1 Å². The predicted molar refractivity (Wildman–Crippen MR) is 96.8 cm³/mol. The van der Waals surface area contributed by atoms with Gasteiger partial charge in [0, 0.05) is 11.1 Å². The van der Waals surface area contributed by atoms with Gasteiger partial charge in [-0.3, -0.25) is 19.9 Å². The van der Waals surface area contributed by atoms with Crippen molar-refractivity contribution in [3.8, 4) is 0 Å². The first-order valence-electron chi connectivity index (χ1n) is 7.72. The number of aryl methyl sites for hydroxylation is 1. The Morgan fingerprint density at radius 3 is 2.46 bits per heavy atom. The number of hydrogen-bond donors (Lipinski definition) is 2. The lowest BCUT2D eigenvalue weighted by Gasteiger charge is -2.38. The van der Waals surface area contributed by atoms with E-state index in [-0.39, 0.29) is 17.0 Å². The lowest BCUT2D eigenvalue weighted by atomic mass is 9.88. The Morgan fingerprint density at radius 1 is 1.17 bits per heavy atom. The quantitative estimate of drug-likeness (QED) is 0.714. The molecule has 1 aromatic rings. The zero-order valence-corrected chi connectivity index (χ0v) is 14.7. The van der Waals surface area contributed by atoms with Gasteiger partial charge in [-0.1, -0.05) is 6.08 Å². The van der Waals surface area contributed by atoms with Crippen molar-refractivity contribution in [3.63, 3.8) is 0 Å². The molecule has 1 aromatic carbocycles. The molecule has 0 aliphatic carbocycles. The van der Waals surface area contributed by atoms with E-state index in [4.69, 9.17) is 5.41 Å². The number of amidine groups is 1. The van der Waals surface area contributed by atoms with E-state index in [1.54, 1.807) is 4.90 Å². The van der Waals surface area contributed by atoms with Crippen LogP contribution < -0.4 is 10.2 Å². The van der Waals surface area contributed by atoms with Crippen molar-refractivity contribution >= 4 is 45.6 Å². The number of carbonyl (C=O) groups is 2. The second-order valence-corrected chi connectivity index (χ2v) is 7.94. The molecule has 2 N–H and O–H groups in total. The Kier molecular flexibility index (Phi) is 2.91. The fraction of sp³-hybridized carbons (Fsp3) is 0.278. The summed E-state index contributed by atoms with van der Waals surface area (Å²) in [6.45, 7) is 8.04. The van der Waals surface area contributed by atoms with Gasteiger partial charge in [-0.15, -0.1) is 0 Å². The normalized spacial score (nSPS) is 24.2. The van der Waals surface area contributed by atoms with Crippen LogP contribution >= 0.6 is 11.8 Å². The van der Waals surface area contributed by atoms with Crippen molar-refractivity contribution in [2.75, 3.05) is 4.90 Å². The highest BCUT2D eigenvalue weighted by atomic mass is 32.2. The summed E-state index contributed by atoms with van der Waals surface area (Å²) in [6, 6.07) is 4.04. The minimum atomic E-state index is -0.465. The molecule has 3 aliphatic heterocycles.